The minimum Gasteiger partial charge on any atom is -0.325 e. The Bertz CT molecular complexity index is 1060. The lowest BCUT2D eigenvalue weighted by atomic mass is 9.73. The molecular weight excluding hydrogens is 456 g/mol. The molecule has 31 heavy (non-hydrogen) atoms. The van der Waals surface area contributed by atoms with Crippen molar-refractivity contribution in [3.05, 3.63) is 63.6 Å². The number of nitrogens with one attached hydrogen (secondary N) is 1. The number of amides is 3. The first-order chi connectivity index (χ1) is 14.8. The fraction of sp³-hybridized carbons (Fsp3) is 0.400. The van der Waals surface area contributed by atoms with Crippen molar-refractivity contribution < 1.29 is 14.4 Å². The number of carbonyl (C=O) groups excluding carboxylic acids is 3. The van der Waals surface area contributed by atoms with E-state index in [1.165, 1.54) is 10.5 Å². The lowest BCUT2D eigenvalue weighted by Gasteiger charge is -2.28. The summed E-state index contributed by atoms with van der Waals surface area (Å²) in [6, 6.07) is 14.1. The zero-order valence-corrected chi connectivity index (χ0v) is 19.2. The molecule has 1 aliphatic heterocycles. The Morgan fingerprint density at radius 3 is 2.35 bits per heavy atom. The van der Waals surface area contributed by atoms with Crippen LogP contribution in [0.15, 0.2) is 46.9 Å². The Labute approximate surface area is 190 Å². The molecule has 6 heteroatoms. The van der Waals surface area contributed by atoms with Crippen molar-refractivity contribution in [1.29, 1.82) is 0 Å². The van der Waals surface area contributed by atoms with Crippen LogP contribution in [-0.4, -0.2) is 29.2 Å². The molecule has 2 bridgehead atoms. The average Bonchev–Trinajstić information content (AvgIpc) is 3.40. The van der Waals surface area contributed by atoms with Gasteiger partial charge in [-0.25, -0.2) is 0 Å². The highest BCUT2D eigenvalue weighted by Gasteiger charge is 2.63. The molecule has 2 aromatic carbocycles. The molecule has 3 fully saturated rings. The number of nitrogens with zero attached hydrogens (tertiary/aromatic N) is 1. The van der Waals surface area contributed by atoms with Crippen LogP contribution in [0, 0.1) is 37.5 Å². The molecule has 1 saturated heterocycles. The van der Waals surface area contributed by atoms with Gasteiger partial charge in [-0.1, -0.05) is 46.3 Å². The fourth-order valence-electron chi connectivity index (χ4n) is 6.12. The van der Waals surface area contributed by atoms with Crippen molar-refractivity contribution in [2.45, 2.75) is 32.6 Å². The maximum atomic E-state index is 13.2. The molecule has 1 N–H and O–H groups in total. The van der Waals surface area contributed by atoms with Gasteiger partial charge in [0.1, 0.15) is 6.54 Å². The third-order valence-electron chi connectivity index (χ3n) is 7.36. The average molecular weight is 481 g/mol. The van der Waals surface area contributed by atoms with Gasteiger partial charge in [0.05, 0.1) is 11.8 Å². The maximum absolute atomic E-state index is 13.2. The number of hydrogen-bond acceptors (Lipinski definition) is 3. The van der Waals surface area contributed by atoms with Crippen LogP contribution in [0.25, 0.3) is 0 Å². The minimum absolute atomic E-state index is 0.160. The van der Waals surface area contributed by atoms with E-state index in [-0.39, 0.29) is 47.9 Å². The topological polar surface area (TPSA) is 66.5 Å². The lowest BCUT2D eigenvalue weighted by Crippen LogP contribution is -2.39. The second-order valence-corrected chi connectivity index (χ2v) is 9.99. The number of benzene rings is 2. The zero-order chi connectivity index (χ0) is 21.9. The Kier molecular flexibility index (Phi) is 5.00. The van der Waals surface area contributed by atoms with E-state index in [0.29, 0.717) is 11.6 Å². The summed E-state index contributed by atoms with van der Waals surface area (Å²) in [5.41, 5.74) is 3.96. The SMILES string of the molecule is Cc1cc(NC(=O)CN2C(=O)[C@@H]3[C@@H]4C[C@@H]([C@@H]3C2=O)[C@H](c2ccccc2)C4)cc(C)c1Br. The normalized spacial score (nSPS) is 28.9. The second-order valence-electron chi connectivity index (χ2n) is 9.20. The van der Waals surface area contributed by atoms with Crippen molar-refractivity contribution in [2.75, 3.05) is 11.9 Å². The summed E-state index contributed by atoms with van der Waals surface area (Å²) in [4.78, 5) is 40.2. The van der Waals surface area contributed by atoms with Crippen LogP contribution in [0.1, 0.15) is 35.4 Å². The number of halogens is 1. The Morgan fingerprint density at radius 1 is 1.03 bits per heavy atom. The quantitative estimate of drug-likeness (QED) is 0.658. The number of fused-ring (bicyclic) bond motifs is 5. The third-order valence-corrected chi connectivity index (χ3v) is 8.61. The largest absolute Gasteiger partial charge is 0.325 e. The highest BCUT2D eigenvalue weighted by atomic mass is 79.9. The Morgan fingerprint density at radius 2 is 1.68 bits per heavy atom. The molecule has 2 aromatic rings. The number of imide groups is 1. The molecule has 5 nitrogen and oxygen atoms in total. The fourth-order valence-corrected chi connectivity index (χ4v) is 6.35. The summed E-state index contributed by atoms with van der Waals surface area (Å²) in [6.07, 6.45) is 1.89. The third kappa shape index (κ3) is 3.32. The molecule has 5 rings (SSSR count). The van der Waals surface area contributed by atoms with Crippen molar-refractivity contribution in [2.24, 2.45) is 23.7 Å². The molecule has 0 aromatic heterocycles. The van der Waals surface area contributed by atoms with Crippen molar-refractivity contribution in [3.8, 4) is 0 Å². The summed E-state index contributed by atoms with van der Waals surface area (Å²) in [7, 11) is 0. The van der Waals surface area contributed by atoms with Crippen LogP contribution in [0.4, 0.5) is 5.69 Å². The number of carbonyl (C=O) groups is 3. The van der Waals surface area contributed by atoms with Gasteiger partial charge in [0.25, 0.3) is 0 Å². The molecule has 0 unspecified atom stereocenters. The van der Waals surface area contributed by atoms with Gasteiger partial charge in [0.15, 0.2) is 0 Å². The molecule has 3 aliphatic rings. The molecule has 3 amide bonds. The summed E-state index contributed by atoms with van der Waals surface area (Å²) >= 11 is 3.52. The van der Waals surface area contributed by atoms with Crippen molar-refractivity contribution in [1.82, 2.24) is 4.90 Å². The molecular formula is C25H25BrN2O3. The monoisotopic (exact) mass is 480 g/mol. The van der Waals surface area contributed by atoms with Gasteiger partial charge >= 0.3 is 0 Å². The molecule has 2 aliphatic carbocycles. The van der Waals surface area contributed by atoms with Gasteiger partial charge in [-0.15, -0.1) is 0 Å². The second kappa shape index (κ2) is 7.59. The molecule has 0 spiro atoms. The van der Waals surface area contributed by atoms with Crippen LogP contribution in [0.2, 0.25) is 0 Å². The van der Waals surface area contributed by atoms with Gasteiger partial charge in [0, 0.05) is 10.2 Å². The molecule has 5 atom stereocenters. The van der Waals surface area contributed by atoms with E-state index in [9.17, 15) is 14.4 Å². The van der Waals surface area contributed by atoms with Crippen molar-refractivity contribution >= 4 is 39.3 Å². The van der Waals surface area contributed by atoms with Gasteiger partial charge in [-0.3, -0.25) is 19.3 Å². The standard InChI is InChI=1S/C25H25BrN2O3/c1-13-8-17(9-14(2)23(13)26)27-20(29)12-28-24(30)21-16-10-18(15-6-4-3-5-7-15)19(11-16)22(21)25(28)31/h3-9,16,18-19,21-22H,10-12H2,1-2H3,(H,27,29)/t16-,18-,19+,21+,22-/m0/s1. The predicted octanol–water partition coefficient (Wildman–Crippen LogP) is 4.43. The van der Waals surface area contributed by atoms with Crippen LogP contribution >= 0.6 is 15.9 Å². The smallest absolute Gasteiger partial charge is 0.244 e. The minimum atomic E-state index is -0.338. The molecule has 0 radical (unpaired) electrons. The van der Waals surface area contributed by atoms with Gasteiger partial charge in [-0.2, -0.15) is 0 Å². The first-order valence-electron chi connectivity index (χ1n) is 10.8. The van der Waals surface area contributed by atoms with E-state index in [0.717, 1.165) is 28.4 Å². The maximum Gasteiger partial charge on any atom is 0.244 e. The first-order valence-corrected chi connectivity index (χ1v) is 11.6. The zero-order valence-electron chi connectivity index (χ0n) is 17.6. The van der Waals surface area contributed by atoms with E-state index in [2.05, 4.69) is 33.4 Å². The molecule has 1 heterocycles. The van der Waals surface area contributed by atoms with Crippen LogP contribution < -0.4 is 5.32 Å². The number of anilines is 1. The van der Waals surface area contributed by atoms with Crippen LogP contribution in [-0.2, 0) is 14.4 Å². The van der Waals surface area contributed by atoms with Gasteiger partial charge in [0.2, 0.25) is 17.7 Å². The summed E-state index contributed by atoms with van der Waals surface area (Å²) in [5.74, 6) is -0.431. The van der Waals surface area contributed by atoms with E-state index in [1.54, 1.807) is 0 Å². The van der Waals surface area contributed by atoms with Gasteiger partial charge in [-0.05, 0) is 73.3 Å². The highest BCUT2D eigenvalue weighted by Crippen LogP contribution is 2.61. The molecule has 2 saturated carbocycles. The highest BCUT2D eigenvalue weighted by molar-refractivity contribution is 9.10. The first kappa shape index (κ1) is 20.4. The van der Waals surface area contributed by atoms with E-state index in [1.807, 2.05) is 44.2 Å². The Hall–Kier alpha value is -2.47. The number of rotatable bonds is 4. The number of aryl methyl sites for hydroxylation is 2. The van der Waals surface area contributed by atoms with E-state index in [4.69, 9.17) is 0 Å². The van der Waals surface area contributed by atoms with Crippen LogP contribution in [0.3, 0.4) is 0 Å². The number of hydrogen-bond donors (Lipinski definition) is 1. The van der Waals surface area contributed by atoms with Crippen molar-refractivity contribution in [3.63, 3.8) is 0 Å². The van der Waals surface area contributed by atoms with Gasteiger partial charge < -0.3 is 5.32 Å². The van der Waals surface area contributed by atoms with E-state index >= 15 is 0 Å². The lowest BCUT2D eigenvalue weighted by molar-refractivity contribution is -0.143. The summed E-state index contributed by atoms with van der Waals surface area (Å²) < 4.78 is 1.01. The summed E-state index contributed by atoms with van der Waals surface area (Å²) in [6.45, 7) is 3.70. The number of likely N-dealkylation sites (tertiary alicyclic amines) is 1. The van der Waals surface area contributed by atoms with E-state index < -0.39 is 0 Å². The predicted molar refractivity (Wildman–Crippen MR) is 121 cm³/mol. The summed E-state index contributed by atoms with van der Waals surface area (Å²) in [5, 5.41) is 2.85. The molecule has 160 valence electrons. The Balaban J connectivity index is 1.31. The van der Waals surface area contributed by atoms with Crippen LogP contribution in [0.5, 0.6) is 0 Å².